The Morgan fingerprint density at radius 3 is 2.52 bits per heavy atom. The summed E-state index contributed by atoms with van der Waals surface area (Å²) in [5, 5.41) is 13.2. The summed E-state index contributed by atoms with van der Waals surface area (Å²) in [4.78, 5) is 45.1. The normalized spacial score (nSPS) is 12.5. The lowest BCUT2D eigenvalue weighted by Gasteiger charge is -2.05. The Labute approximate surface area is 128 Å². The van der Waals surface area contributed by atoms with E-state index in [9.17, 15) is 24.5 Å². The van der Waals surface area contributed by atoms with Crippen LogP contribution in [-0.4, -0.2) is 22.8 Å². The van der Waals surface area contributed by atoms with Crippen molar-refractivity contribution < 1.29 is 24.0 Å². The first-order valence-electron chi connectivity index (χ1n) is 6.42. The molecular formula is C15H8N2O6. The molecule has 8 nitrogen and oxygen atoms in total. The van der Waals surface area contributed by atoms with E-state index >= 15 is 0 Å². The first kappa shape index (κ1) is 14.4. The van der Waals surface area contributed by atoms with Crippen molar-refractivity contribution in [3.63, 3.8) is 0 Å². The fourth-order valence-corrected chi connectivity index (χ4v) is 2.13. The van der Waals surface area contributed by atoms with Crippen LogP contribution in [0.15, 0.2) is 42.5 Å². The molecule has 0 aliphatic carbocycles. The van der Waals surface area contributed by atoms with Crippen LogP contribution in [-0.2, 0) is 4.74 Å². The van der Waals surface area contributed by atoms with Crippen LogP contribution in [0.4, 0.5) is 11.4 Å². The molecule has 1 aliphatic heterocycles. The van der Waals surface area contributed by atoms with E-state index in [-0.39, 0.29) is 28.1 Å². The van der Waals surface area contributed by atoms with Crippen LogP contribution in [0.25, 0.3) is 0 Å². The second-order valence-corrected chi connectivity index (χ2v) is 4.70. The highest BCUT2D eigenvalue weighted by Gasteiger charge is 2.30. The summed E-state index contributed by atoms with van der Waals surface area (Å²) in [5.74, 6) is -2.13. The molecule has 1 N–H and O–H groups in total. The number of amides is 1. The molecule has 0 bridgehead atoms. The van der Waals surface area contributed by atoms with E-state index < -0.39 is 22.8 Å². The summed E-state index contributed by atoms with van der Waals surface area (Å²) in [7, 11) is 0. The number of anilines is 1. The van der Waals surface area contributed by atoms with Gasteiger partial charge >= 0.3 is 11.9 Å². The van der Waals surface area contributed by atoms with E-state index in [0.29, 0.717) is 0 Å². The maximum Gasteiger partial charge on any atom is 0.346 e. The van der Waals surface area contributed by atoms with Crippen molar-refractivity contribution in [3.8, 4) is 0 Å². The average molecular weight is 312 g/mol. The van der Waals surface area contributed by atoms with Crippen molar-refractivity contribution in [3.05, 3.63) is 69.3 Å². The molecule has 114 valence electrons. The number of nitro groups is 1. The number of nitro benzene ring substituents is 1. The maximum atomic E-state index is 12.2. The molecule has 2 aromatic rings. The third-order valence-corrected chi connectivity index (χ3v) is 3.22. The highest BCUT2D eigenvalue weighted by Crippen LogP contribution is 2.22. The van der Waals surface area contributed by atoms with Crippen molar-refractivity contribution in [1.82, 2.24) is 0 Å². The number of carbonyl (C=O) groups is 3. The van der Waals surface area contributed by atoms with Gasteiger partial charge in [0.05, 0.1) is 16.1 Å². The number of hydrogen-bond donors (Lipinski definition) is 1. The Balaban J connectivity index is 1.86. The number of fused-ring (bicyclic) bond motifs is 1. The molecule has 0 saturated carbocycles. The zero-order chi connectivity index (χ0) is 16.6. The van der Waals surface area contributed by atoms with Gasteiger partial charge in [0.15, 0.2) is 0 Å². The highest BCUT2D eigenvalue weighted by atomic mass is 16.6. The Morgan fingerprint density at radius 1 is 1.04 bits per heavy atom. The minimum absolute atomic E-state index is 0.0155. The third kappa shape index (κ3) is 2.64. The number of non-ortho nitro benzene ring substituents is 1. The van der Waals surface area contributed by atoms with E-state index in [2.05, 4.69) is 10.1 Å². The Morgan fingerprint density at radius 2 is 1.78 bits per heavy atom. The van der Waals surface area contributed by atoms with Gasteiger partial charge in [-0.15, -0.1) is 0 Å². The number of cyclic esters (lactones) is 2. The monoisotopic (exact) mass is 312 g/mol. The van der Waals surface area contributed by atoms with Crippen LogP contribution in [0, 0.1) is 10.1 Å². The molecule has 8 heteroatoms. The minimum Gasteiger partial charge on any atom is -0.386 e. The number of nitrogens with zero attached hydrogens (tertiary/aromatic N) is 1. The molecule has 0 aromatic heterocycles. The number of ether oxygens (including phenoxy) is 1. The molecular weight excluding hydrogens is 304 g/mol. The van der Waals surface area contributed by atoms with Crippen molar-refractivity contribution in [2.24, 2.45) is 0 Å². The van der Waals surface area contributed by atoms with Crippen LogP contribution in [0.2, 0.25) is 0 Å². The van der Waals surface area contributed by atoms with E-state index in [0.717, 1.165) is 0 Å². The number of hydrogen-bond acceptors (Lipinski definition) is 6. The fraction of sp³-hybridized carbons (Fsp3) is 0. The zero-order valence-electron chi connectivity index (χ0n) is 11.4. The van der Waals surface area contributed by atoms with Gasteiger partial charge in [-0.1, -0.05) is 6.07 Å². The summed E-state index contributed by atoms with van der Waals surface area (Å²) < 4.78 is 4.44. The fourth-order valence-electron chi connectivity index (χ4n) is 2.13. The molecule has 3 rings (SSSR count). The third-order valence-electron chi connectivity index (χ3n) is 3.22. The van der Waals surface area contributed by atoms with Gasteiger partial charge in [0.25, 0.3) is 11.6 Å². The van der Waals surface area contributed by atoms with Gasteiger partial charge in [-0.2, -0.15) is 0 Å². The van der Waals surface area contributed by atoms with E-state index in [4.69, 9.17) is 0 Å². The van der Waals surface area contributed by atoms with Gasteiger partial charge < -0.3 is 10.1 Å². The van der Waals surface area contributed by atoms with Gasteiger partial charge in [0.2, 0.25) is 0 Å². The summed E-state index contributed by atoms with van der Waals surface area (Å²) in [6.07, 6.45) is 0. The predicted octanol–water partition coefficient (Wildman–Crippen LogP) is 2.16. The highest BCUT2D eigenvalue weighted by molar-refractivity contribution is 6.16. The van der Waals surface area contributed by atoms with Crippen molar-refractivity contribution in [2.45, 2.75) is 0 Å². The maximum absolute atomic E-state index is 12.2. The summed E-state index contributed by atoms with van der Waals surface area (Å²) in [5.41, 5.74) is 0.319. The summed E-state index contributed by atoms with van der Waals surface area (Å²) >= 11 is 0. The second-order valence-electron chi connectivity index (χ2n) is 4.70. The lowest BCUT2D eigenvalue weighted by molar-refractivity contribution is -0.384. The Kier molecular flexibility index (Phi) is 3.34. The van der Waals surface area contributed by atoms with Crippen LogP contribution in [0.1, 0.15) is 31.1 Å². The molecule has 1 aliphatic rings. The number of carbonyl (C=O) groups excluding carboxylic acids is 3. The average Bonchev–Trinajstić information content (AvgIpc) is 2.82. The lowest BCUT2D eigenvalue weighted by Crippen LogP contribution is -2.12. The van der Waals surface area contributed by atoms with Gasteiger partial charge in [0, 0.05) is 23.4 Å². The molecule has 1 heterocycles. The molecule has 2 aromatic carbocycles. The van der Waals surface area contributed by atoms with Gasteiger partial charge in [-0.3, -0.25) is 14.9 Å². The summed E-state index contributed by atoms with van der Waals surface area (Å²) in [6, 6.07) is 9.38. The predicted molar refractivity (Wildman–Crippen MR) is 77.2 cm³/mol. The van der Waals surface area contributed by atoms with Gasteiger partial charge in [0.1, 0.15) is 0 Å². The smallest absolute Gasteiger partial charge is 0.346 e. The van der Waals surface area contributed by atoms with Crippen LogP contribution < -0.4 is 5.32 Å². The second kappa shape index (κ2) is 5.34. The first-order valence-corrected chi connectivity index (χ1v) is 6.42. The van der Waals surface area contributed by atoms with Crippen LogP contribution in [0.5, 0.6) is 0 Å². The van der Waals surface area contributed by atoms with Crippen molar-refractivity contribution in [2.75, 3.05) is 5.32 Å². The van der Waals surface area contributed by atoms with E-state index in [1.54, 1.807) is 0 Å². The van der Waals surface area contributed by atoms with Crippen LogP contribution in [0.3, 0.4) is 0 Å². The number of benzene rings is 2. The molecule has 0 spiro atoms. The van der Waals surface area contributed by atoms with Crippen LogP contribution >= 0.6 is 0 Å². The number of nitrogens with one attached hydrogen (secondary N) is 1. The molecule has 23 heavy (non-hydrogen) atoms. The SMILES string of the molecule is O=C(Nc1cccc([N+](=O)[O-])c1)c1ccc2c(c1)C(=O)OC2=O. The van der Waals surface area contributed by atoms with Crippen molar-refractivity contribution in [1.29, 1.82) is 0 Å². The Bertz CT molecular complexity index is 874. The topological polar surface area (TPSA) is 116 Å². The molecule has 0 saturated heterocycles. The van der Waals surface area contributed by atoms with E-state index in [1.165, 1.54) is 42.5 Å². The zero-order valence-corrected chi connectivity index (χ0v) is 11.4. The van der Waals surface area contributed by atoms with Crippen molar-refractivity contribution >= 4 is 29.2 Å². The van der Waals surface area contributed by atoms with E-state index in [1.807, 2.05) is 0 Å². The largest absolute Gasteiger partial charge is 0.386 e. The van der Waals surface area contributed by atoms with Gasteiger partial charge in [-0.25, -0.2) is 9.59 Å². The molecule has 0 unspecified atom stereocenters. The quantitative estimate of drug-likeness (QED) is 0.402. The number of esters is 2. The number of rotatable bonds is 3. The minimum atomic E-state index is -0.810. The molecule has 0 atom stereocenters. The Hall–Kier alpha value is -3.55. The first-order chi connectivity index (χ1) is 11.0. The molecule has 0 radical (unpaired) electrons. The van der Waals surface area contributed by atoms with Gasteiger partial charge in [-0.05, 0) is 24.3 Å². The summed E-state index contributed by atoms with van der Waals surface area (Å²) in [6.45, 7) is 0. The molecule has 0 fully saturated rings. The lowest BCUT2D eigenvalue weighted by atomic mass is 10.1. The molecule has 1 amide bonds. The standard InChI is InChI=1S/C15H8N2O6/c18-13(16-9-2-1-3-10(7-9)17(21)22)8-4-5-11-12(6-8)15(20)23-14(11)19/h1-7H,(H,16,18).